The van der Waals surface area contributed by atoms with Gasteiger partial charge >= 0.3 is 5.97 Å². The van der Waals surface area contributed by atoms with Gasteiger partial charge in [0.25, 0.3) is 0 Å². The summed E-state index contributed by atoms with van der Waals surface area (Å²) in [6.45, 7) is 2.95. The Labute approximate surface area is 187 Å². The van der Waals surface area contributed by atoms with Crippen LogP contribution in [0.4, 0.5) is 11.4 Å². The van der Waals surface area contributed by atoms with Crippen molar-refractivity contribution < 1.29 is 19.4 Å². The van der Waals surface area contributed by atoms with Gasteiger partial charge in [0.05, 0.1) is 6.42 Å². The predicted molar refractivity (Wildman–Crippen MR) is 125 cm³/mol. The number of carbonyl (C=O) groups is 2. The van der Waals surface area contributed by atoms with E-state index < -0.39 is 12.0 Å². The van der Waals surface area contributed by atoms with Gasteiger partial charge < -0.3 is 25.8 Å². The molecule has 0 aliphatic rings. The number of ether oxygens (including phenoxy) is 1. The molecule has 0 aliphatic heterocycles. The van der Waals surface area contributed by atoms with Crippen LogP contribution in [0.3, 0.4) is 0 Å². The lowest BCUT2D eigenvalue weighted by Gasteiger charge is -2.15. The smallest absolute Gasteiger partial charge is 0.321 e. The van der Waals surface area contributed by atoms with Crippen LogP contribution in [0.15, 0.2) is 78.9 Å². The average molecular weight is 434 g/mol. The number of anilines is 2. The molecule has 0 aromatic heterocycles. The van der Waals surface area contributed by atoms with Gasteiger partial charge in [0.1, 0.15) is 17.5 Å². The van der Waals surface area contributed by atoms with Gasteiger partial charge in [-0.25, -0.2) is 0 Å². The fourth-order valence-electron chi connectivity index (χ4n) is 3.08. The zero-order valence-corrected chi connectivity index (χ0v) is 17.9. The van der Waals surface area contributed by atoms with E-state index in [2.05, 4.69) is 16.0 Å². The van der Waals surface area contributed by atoms with E-state index in [-0.39, 0.29) is 12.3 Å². The first kappa shape index (κ1) is 22.8. The minimum Gasteiger partial charge on any atom is -0.480 e. The summed E-state index contributed by atoms with van der Waals surface area (Å²) in [4.78, 5) is 23.9. The topological polar surface area (TPSA) is 99.7 Å². The summed E-state index contributed by atoms with van der Waals surface area (Å²) in [6, 6.07) is 23.2. The number of hydrogen-bond acceptors (Lipinski definition) is 5. The Bertz CT molecular complexity index is 1020. The molecule has 0 heterocycles. The van der Waals surface area contributed by atoms with E-state index in [0.29, 0.717) is 24.5 Å². The molecule has 1 atom stereocenters. The minimum absolute atomic E-state index is 0.179. The SMILES string of the molecule is Cc1cccc(NCCN[C@H](CC(=O)Nc2ccc(Oc3ccccc3)cc2)C(=O)O)c1. The molecule has 0 saturated heterocycles. The molecule has 0 bridgehead atoms. The highest BCUT2D eigenvalue weighted by atomic mass is 16.5. The molecule has 0 fully saturated rings. The normalized spacial score (nSPS) is 11.4. The predicted octanol–water partition coefficient (Wildman–Crippen LogP) is 4.27. The Morgan fingerprint density at radius 1 is 0.875 bits per heavy atom. The van der Waals surface area contributed by atoms with Crippen LogP contribution >= 0.6 is 0 Å². The maximum atomic E-state index is 12.3. The highest BCUT2D eigenvalue weighted by molar-refractivity contribution is 5.94. The third-order valence-electron chi connectivity index (χ3n) is 4.67. The van der Waals surface area contributed by atoms with Crippen molar-refractivity contribution in [2.45, 2.75) is 19.4 Å². The van der Waals surface area contributed by atoms with Crippen LogP contribution in [0.5, 0.6) is 11.5 Å². The molecule has 0 radical (unpaired) electrons. The van der Waals surface area contributed by atoms with E-state index in [9.17, 15) is 14.7 Å². The largest absolute Gasteiger partial charge is 0.480 e. The Balaban J connectivity index is 1.44. The molecule has 166 valence electrons. The standard InChI is InChI=1S/C25H27N3O4/c1-18-6-5-7-20(16-18)26-14-15-27-23(25(30)31)17-24(29)28-19-10-12-22(13-11-19)32-21-8-3-2-4-9-21/h2-13,16,23,26-27H,14-15,17H2,1H3,(H,28,29)(H,30,31)/t23-/m1/s1. The first-order valence-corrected chi connectivity index (χ1v) is 10.4. The summed E-state index contributed by atoms with van der Waals surface area (Å²) in [5.74, 6) is -0.0903. The van der Waals surface area contributed by atoms with E-state index in [1.165, 1.54) is 0 Å². The van der Waals surface area contributed by atoms with Crippen LogP contribution < -0.4 is 20.7 Å². The molecule has 3 aromatic rings. The van der Waals surface area contributed by atoms with Crippen molar-refractivity contribution in [1.82, 2.24) is 5.32 Å². The lowest BCUT2D eigenvalue weighted by atomic mass is 10.2. The molecular weight excluding hydrogens is 406 g/mol. The Hall–Kier alpha value is -3.84. The van der Waals surface area contributed by atoms with E-state index in [1.807, 2.05) is 61.5 Å². The van der Waals surface area contributed by atoms with E-state index in [0.717, 1.165) is 17.0 Å². The molecule has 0 aliphatic carbocycles. The molecule has 3 aromatic carbocycles. The molecule has 4 N–H and O–H groups in total. The lowest BCUT2D eigenvalue weighted by molar-refractivity contribution is -0.141. The van der Waals surface area contributed by atoms with Gasteiger partial charge in [0.2, 0.25) is 5.91 Å². The van der Waals surface area contributed by atoms with Crippen LogP contribution in [-0.2, 0) is 9.59 Å². The maximum Gasteiger partial charge on any atom is 0.321 e. The molecule has 0 spiro atoms. The fraction of sp³-hybridized carbons (Fsp3) is 0.200. The van der Waals surface area contributed by atoms with E-state index in [4.69, 9.17) is 4.74 Å². The molecular formula is C25H27N3O4. The molecule has 7 heteroatoms. The summed E-state index contributed by atoms with van der Waals surface area (Å²) in [7, 11) is 0. The number of carbonyl (C=O) groups excluding carboxylic acids is 1. The van der Waals surface area contributed by atoms with Crippen LogP contribution in [0.1, 0.15) is 12.0 Å². The van der Waals surface area contributed by atoms with Crippen molar-refractivity contribution >= 4 is 23.3 Å². The number of carboxylic acids is 1. The number of benzene rings is 3. The summed E-state index contributed by atoms with van der Waals surface area (Å²) < 4.78 is 5.72. The van der Waals surface area contributed by atoms with Crippen LogP contribution in [-0.4, -0.2) is 36.1 Å². The monoisotopic (exact) mass is 433 g/mol. The zero-order valence-electron chi connectivity index (χ0n) is 17.9. The second kappa shape index (κ2) is 11.5. The Morgan fingerprint density at radius 2 is 1.59 bits per heavy atom. The summed E-state index contributed by atoms with van der Waals surface area (Å²) in [5, 5.41) is 18.3. The van der Waals surface area contributed by atoms with Gasteiger partial charge in [-0.3, -0.25) is 9.59 Å². The summed E-state index contributed by atoms with van der Waals surface area (Å²) >= 11 is 0. The van der Waals surface area contributed by atoms with Crippen molar-refractivity contribution in [3.05, 3.63) is 84.4 Å². The highest BCUT2D eigenvalue weighted by Crippen LogP contribution is 2.22. The van der Waals surface area contributed by atoms with Crippen LogP contribution in [0, 0.1) is 6.92 Å². The van der Waals surface area contributed by atoms with Gasteiger partial charge in [0.15, 0.2) is 0 Å². The minimum atomic E-state index is -1.07. The number of rotatable bonds is 11. The van der Waals surface area contributed by atoms with Crippen LogP contribution in [0.2, 0.25) is 0 Å². The van der Waals surface area contributed by atoms with Gasteiger partial charge in [-0.2, -0.15) is 0 Å². The van der Waals surface area contributed by atoms with Crippen molar-refractivity contribution in [2.75, 3.05) is 23.7 Å². The van der Waals surface area contributed by atoms with Crippen molar-refractivity contribution in [1.29, 1.82) is 0 Å². The first-order valence-electron chi connectivity index (χ1n) is 10.4. The fourth-order valence-corrected chi connectivity index (χ4v) is 3.08. The number of nitrogens with one attached hydrogen (secondary N) is 3. The van der Waals surface area contributed by atoms with Gasteiger partial charge in [0, 0.05) is 24.5 Å². The molecule has 7 nitrogen and oxygen atoms in total. The van der Waals surface area contributed by atoms with Gasteiger partial charge in [-0.15, -0.1) is 0 Å². The molecule has 32 heavy (non-hydrogen) atoms. The number of hydrogen-bond donors (Lipinski definition) is 4. The molecule has 0 saturated carbocycles. The number of para-hydroxylation sites is 1. The van der Waals surface area contributed by atoms with E-state index in [1.54, 1.807) is 24.3 Å². The number of carboxylic acid groups (broad SMARTS) is 1. The zero-order chi connectivity index (χ0) is 22.8. The Morgan fingerprint density at radius 3 is 2.28 bits per heavy atom. The summed E-state index contributed by atoms with van der Waals surface area (Å²) in [6.07, 6.45) is -0.179. The summed E-state index contributed by atoms with van der Waals surface area (Å²) in [5.41, 5.74) is 2.68. The van der Waals surface area contributed by atoms with Crippen LogP contribution in [0.25, 0.3) is 0 Å². The second-order valence-corrected chi connectivity index (χ2v) is 7.33. The van der Waals surface area contributed by atoms with Gasteiger partial charge in [-0.1, -0.05) is 30.3 Å². The number of aryl methyl sites for hydroxylation is 1. The highest BCUT2D eigenvalue weighted by Gasteiger charge is 2.20. The maximum absolute atomic E-state index is 12.3. The van der Waals surface area contributed by atoms with Crippen molar-refractivity contribution in [2.24, 2.45) is 0 Å². The van der Waals surface area contributed by atoms with Crippen molar-refractivity contribution in [3.8, 4) is 11.5 Å². The lowest BCUT2D eigenvalue weighted by Crippen LogP contribution is -2.41. The third-order valence-corrected chi connectivity index (χ3v) is 4.67. The molecule has 3 rings (SSSR count). The van der Waals surface area contributed by atoms with E-state index >= 15 is 0 Å². The quantitative estimate of drug-likeness (QED) is 0.337. The number of amides is 1. The molecule has 1 amide bonds. The molecule has 0 unspecified atom stereocenters. The number of aliphatic carboxylic acids is 1. The average Bonchev–Trinajstić information content (AvgIpc) is 2.78. The second-order valence-electron chi connectivity index (χ2n) is 7.33. The van der Waals surface area contributed by atoms with Gasteiger partial charge in [-0.05, 0) is 61.0 Å². The van der Waals surface area contributed by atoms with Crippen molar-refractivity contribution in [3.63, 3.8) is 0 Å². The third kappa shape index (κ3) is 7.45. The Kier molecular flexibility index (Phi) is 8.22. The first-order chi connectivity index (χ1) is 15.5.